The molecule has 0 radical (unpaired) electrons. The van der Waals surface area contributed by atoms with E-state index in [-0.39, 0.29) is 5.91 Å². The summed E-state index contributed by atoms with van der Waals surface area (Å²) in [6.45, 7) is 10.3. The lowest BCUT2D eigenvalue weighted by molar-refractivity contribution is -0.121. The van der Waals surface area contributed by atoms with Crippen LogP contribution in [0.1, 0.15) is 47.0 Å². The summed E-state index contributed by atoms with van der Waals surface area (Å²) in [6, 6.07) is 0.508. The van der Waals surface area contributed by atoms with Gasteiger partial charge >= 0.3 is 0 Å². The molecule has 1 amide bonds. The van der Waals surface area contributed by atoms with Crippen molar-refractivity contribution >= 4 is 5.91 Å². The Kier molecular flexibility index (Phi) is 8.38. The van der Waals surface area contributed by atoms with Gasteiger partial charge in [0.25, 0.3) is 0 Å². The molecule has 0 aliphatic heterocycles. The largest absolute Gasteiger partial charge is 0.356 e. The molecule has 0 spiro atoms. The average molecular weight is 214 g/mol. The minimum atomic E-state index is 0.182. The Labute approximate surface area is 94.0 Å². The fourth-order valence-corrected chi connectivity index (χ4v) is 1.23. The van der Waals surface area contributed by atoms with Crippen molar-refractivity contribution in [3.63, 3.8) is 0 Å². The molecule has 0 bridgehead atoms. The normalized spacial score (nSPS) is 11.1. The SMILES string of the molecule is CC(C)CCNC(=O)CCCNC(C)C. The summed E-state index contributed by atoms with van der Waals surface area (Å²) in [6.07, 6.45) is 2.62. The lowest BCUT2D eigenvalue weighted by Crippen LogP contribution is -2.28. The van der Waals surface area contributed by atoms with Crippen LogP contribution in [0.5, 0.6) is 0 Å². The molecule has 0 aromatic carbocycles. The number of amides is 1. The van der Waals surface area contributed by atoms with Crippen LogP contribution in [0.25, 0.3) is 0 Å². The van der Waals surface area contributed by atoms with Crippen LogP contribution in [0.4, 0.5) is 0 Å². The number of hydrogen-bond acceptors (Lipinski definition) is 2. The molecule has 0 fully saturated rings. The van der Waals surface area contributed by atoms with Crippen molar-refractivity contribution in [1.29, 1.82) is 0 Å². The smallest absolute Gasteiger partial charge is 0.220 e. The highest BCUT2D eigenvalue weighted by molar-refractivity contribution is 5.75. The van der Waals surface area contributed by atoms with Crippen molar-refractivity contribution in [3.05, 3.63) is 0 Å². The maximum Gasteiger partial charge on any atom is 0.220 e. The Morgan fingerprint density at radius 2 is 1.80 bits per heavy atom. The molecule has 0 aromatic rings. The molecular formula is C12H26N2O. The second kappa shape index (κ2) is 8.72. The lowest BCUT2D eigenvalue weighted by atomic mass is 10.1. The van der Waals surface area contributed by atoms with Crippen LogP contribution in [-0.2, 0) is 4.79 Å². The maximum absolute atomic E-state index is 11.3. The van der Waals surface area contributed by atoms with Gasteiger partial charge in [-0.3, -0.25) is 4.79 Å². The predicted molar refractivity (Wildman–Crippen MR) is 64.8 cm³/mol. The van der Waals surface area contributed by atoms with Crippen LogP contribution < -0.4 is 10.6 Å². The molecule has 0 heterocycles. The Bertz CT molecular complexity index is 167. The van der Waals surface area contributed by atoms with Gasteiger partial charge in [-0.25, -0.2) is 0 Å². The van der Waals surface area contributed by atoms with E-state index in [1.54, 1.807) is 0 Å². The molecule has 0 aliphatic carbocycles. The van der Waals surface area contributed by atoms with Gasteiger partial charge in [-0.2, -0.15) is 0 Å². The van der Waals surface area contributed by atoms with E-state index in [1.807, 2.05) is 0 Å². The second-order valence-corrected chi connectivity index (χ2v) is 4.74. The van der Waals surface area contributed by atoms with Crippen molar-refractivity contribution in [2.75, 3.05) is 13.1 Å². The van der Waals surface area contributed by atoms with E-state index >= 15 is 0 Å². The van der Waals surface area contributed by atoms with Crippen molar-refractivity contribution in [2.45, 2.75) is 53.0 Å². The molecular weight excluding hydrogens is 188 g/mol. The highest BCUT2D eigenvalue weighted by Gasteiger charge is 2.01. The molecule has 3 heteroatoms. The summed E-state index contributed by atoms with van der Waals surface area (Å²) in [5, 5.41) is 6.23. The van der Waals surface area contributed by atoms with E-state index in [2.05, 4.69) is 38.3 Å². The topological polar surface area (TPSA) is 41.1 Å². The van der Waals surface area contributed by atoms with Gasteiger partial charge in [-0.15, -0.1) is 0 Å². The van der Waals surface area contributed by atoms with Crippen LogP contribution in [0.2, 0.25) is 0 Å². The summed E-state index contributed by atoms with van der Waals surface area (Å²) in [7, 11) is 0. The molecule has 0 aliphatic rings. The molecule has 2 N–H and O–H groups in total. The molecule has 0 atom stereocenters. The van der Waals surface area contributed by atoms with Gasteiger partial charge in [0.05, 0.1) is 0 Å². The zero-order chi connectivity index (χ0) is 11.7. The third-order valence-corrected chi connectivity index (χ3v) is 2.18. The number of nitrogens with one attached hydrogen (secondary N) is 2. The Morgan fingerprint density at radius 3 is 2.33 bits per heavy atom. The maximum atomic E-state index is 11.3. The van der Waals surface area contributed by atoms with Gasteiger partial charge < -0.3 is 10.6 Å². The van der Waals surface area contributed by atoms with Gasteiger partial charge in [0.2, 0.25) is 5.91 Å². The van der Waals surface area contributed by atoms with Gasteiger partial charge in [-0.1, -0.05) is 27.7 Å². The fraction of sp³-hybridized carbons (Fsp3) is 0.917. The molecule has 0 unspecified atom stereocenters. The molecule has 15 heavy (non-hydrogen) atoms. The fourth-order valence-electron chi connectivity index (χ4n) is 1.23. The first-order valence-electron chi connectivity index (χ1n) is 6.02. The molecule has 0 aromatic heterocycles. The van der Waals surface area contributed by atoms with Crippen LogP contribution in [0.15, 0.2) is 0 Å². The quantitative estimate of drug-likeness (QED) is 0.606. The Hall–Kier alpha value is -0.570. The summed E-state index contributed by atoms with van der Waals surface area (Å²) < 4.78 is 0. The first kappa shape index (κ1) is 14.4. The van der Waals surface area contributed by atoms with Crippen molar-refractivity contribution in [3.8, 4) is 0 Å². The van der Waals surface area contributed by atoms with Crippen molar-refractivity contribution in [1.82, 2.24) is 10.6 Å². The monoisotopic (exact) mass is 214 g/mol. The van der Waals surface area contributed by atoms with Crippen LogP contribution in [-0.4, -0.2) is 25.0 Å². The summed E-state index contributed by atoms with van der Waals surface area (Å²) in [4.78, 5) is 11.3. The third-order valence-electron chi connectivity index (χ3n) is 2.18. The van der Waals surface area contributed by atoms with Crippen LogP contribution in [0, 0.1) is 5.92 Å². The molecule has 0 rings (SSSR count). The first-order valence-corrected chi connectivity index (χ1v) is 6.02. The van der Waals surface area contributed by atoms with E-state index in [0.717, 1.165) is 25.9 Å². The Morgan fingerprint density at radius 1 is 1.13 bits per heavy atom. The van der Waals surface area contributed by atoms with E-state index in [4.69, 9.17) is 0 Å². The number of carbonyl (C=O) groups is 1. The minimum Gasteiger partial charge on any atom is -0.356 e. The molecule has 0 saturated heterocycles. The van der Waals surface area contributed by atoms with Gasteiger partial charge in [0.15, 0.2) is 0 Å². The standard InChI is InChI=1S/C12H26N2O/c1-10(2)7-9-14-12(15)6-5-8-13-11(3)4/h10-11,13H,5-9H2,1-4H3,(H,14,15). The zero-order valence-corrected chi connectivity index (χ0v) is 10.6. The van der Waals surface area contributed by atoms with Gasteiger partial charge in [0, 0.05) is 19.0 Å². The van der Waals surface area contributed by atoms with Crippen molar-refractivity contribution in [2.24, 2.45) is 5.92 Å². The zero-order valence-electron chi connectivity index (χ0n) is 10.6. The van der Waals surface area contributed by atoms with E-state index in [9.17, 15) is 4.79 Å². The molecule has 0 saturated carbocycles. The summed E-state index contributed by atoms with van der Waals surface area (Å²) in [5.41, 5.74) is 0. The summed E-state index contributed by atoms with van der Waals surface area (Å²) in [5.74, 6) is 0.842. The molecule has 90 valence electrons. The predicted octanol–water partition coefficient (Wildman–Crippen LogP) is 1.93. The highest BCUT2D eigenvalue weighted by Crippen LogP contribution is 1.97. The number of carbonyl (C=O) groups excluding carboxylic acids is 1. The van der Waals surface area contributed by atoms with Gasteiger partial charge in [-0.05, 0) is 25.3 Å². The lowest BCUT2D eigenvalue weighted by Gasteiger charge is -2.09. The van der Waals surface area contributed by atoms with E-state index in [1.165, 1.54) is 0 Å². The summed E-state index contributed by atoms with van der Waals surface area (Å²) >= 11 is 0. The average Bonchev–Trinajstić information content (AvgIpc) is 2.11. The number of hydrogen-bond donors (Lipinski definition) is 2. The van der Waals surface area contributed by atoms with E-state index in [0.29, 0.717) is 18.4 Å². The van der Waals surface area contributed by atoms with Crippen molar-refractivity contribution < 1.29 is 4.79 Å². The van der Waals surface area contributed by atoms with Gasteiger partial charge in [0.1, 0.15) is 0 Å². The number of rotatable bonds is 8. The Balaban J connectivity index is 3.26. The first-order chi connectivity index (χ1) is 7.02. The van der Waals surface area contributed by atoms with Crippen LogP contribution >= 0.6 is 0 Å². The minimum absolute atomic E-state index is 0.182. The highest BCUT2D eigenvalue weighted by atomic mass is 16.1. The van der Waals surface area contributed by atoms with Crippen LogP contribution in [0.3, 0.4) is 0 Å². The third kappa shape index (κ3) is 11.4. The molecule has 3 nitrogen and oxygen atoms in total. The van der Waals surface area contributed by atoms with E-state index < -0.39 is 0 Å². The second-order valence-electron chi connectivity index (χ2n) is 4.74.